The number of nitrogens with one attached hydrogen (secondary N) is 2. The molecule has 0 unspecified atom stereocenters. The molecule has 110 valence electrons. The lowest BCUT2D eigenvalue weighted by atomic mass is 10.2. The molecule has 0 heterocycles. The van der Waals surface area contributed by atoms with Gasteiger partial charge in [-0.3, -0.25) is 4.79 Å². The Morgan fingerprint density at radius 2 is 2.25 bits per heavy atom. The van der Waals surface area contributed by atoms with Crippen LogP contribution in [0.15, 0.2) is 36.9 Å². The third-order valence-corrected chi connectivity index (χ3v) is 2.49. The summed E-state index contributed by atoms with van der Waals surface area (Å²) in [6, 6.07) is 7.60. The van der Waals surface area contributed by atoms with Gasteiger partial charge in [0.1, 0.15) is 0 Å². The summed E-state index contributed by atoms with van der Waals surface area (Å²) in [6.07, 6.45) is 1.71. The van der Waals surface area contributed by atoms with Gasteiger partial charge in [0, 0.05) is 19.3 Å². The van der Waals surface area contributed by atoms with E-state index in [0.717, 1.165) is 11.3 Å². The van der Waals surface area contributed by atoms with Gasteiger partial charge < -0.3 is 20.1 Å². The van der Waals surface area contributed by atoms with Crippen molar-refractivity contribution in [2.45, 2.75) is 6.61 Å². The number of carbonyl (C=O) groups excluding carboxylic acids is 1. The predicted octanol–water partition coefficient (Wildman–Crippen LogP) is 1.56. The fourth-order valence-electron chi connectivity index (χ4n) is 1.56. The van der Waals surface area contributed by atoms with E-state index in [2.05, 4.69) is 17.2 Å². The molecule has 0 aliphatic carbocycles. The summed E-state index contributed by atoms with van der Waals surface area (Å²) in [5.74, 6) is -0.0794. The SMILES string of the molecule is C=CCNCC(=O)Nc1cccc(COCCOC)c1. The molecule has 5 heteroatoms. The molecule has 1 aromatic rings. The average Bonchev–Trinajstić information content (AvgIpc) is 2.44. The van der Waals surface area contributed by atoms with E-state index in [4.69, 9.17) is 9.47 Å². The van der Waals surface area contributed by atoms with E-state index in [0.29, 0.717) is 26.4 Å². The van der Waals surface area contributed by atoms with Gasteiger partial charge in [-0.2, -0.15) is 0 Å². The molecule has 1 aromatic carbocycles. The molecule has 1 rings (SSSR count). The van der Waals surface area contributed by atoms with E-state index in [-0.39, 0.29) is 12.5 Å². The van der Waals surface area contributed by atoms with Crippen LogP contribution in [-0.2, 0) is 20.9 Å². The lowest BCUT2D eigenvalue weighted by Crippen LogP contribution is -2.28. The number of amides is 1. The lowest BCUT2D eigenvalue weighted by Gasteiger charge is -2.08. The fourth-order valence-corrected chi connectivity index (χ4v) is 1.56. The van der Waals surface area contributed by atoms with Gasteiger partial charge in [0.15, 0.2) is 0 Å². The largest absolute Gasteiger partial charge is 0.382 e. The van der Waals surface area contributed by atoms with Crippen LogP contribution in [0.5, 0.6) is 0 Å². The standard InChI is InChI=1S/C15H22N2O3/c1-3-7-16-11-15(18)17-14-6-4-5-13(10-14)12-20-9-8-19-2/h3-6,10,16H,1,7-9,11-12H2,2H3,(H,17,18). The number of benzene rings is 1. The monoisotopic (exact) mass is 278 g/mol. The molecule has 0 aliphatic rings. The molecule has 0 saturated carbocycles. The van der Waals surface area contributed by atoms with Crippen molar-refractivity contribution in [2.24, 2.45) is 0 Å². The van der Waals surface area contributed by atoms with Gasteiger partial charge >= 0.3 is 0 Å². The van der Waals surface area contributed by atoms with Crippen LogP contribution in [0.25, 0.3) is 0 Å². The maximum atomic E-state index is 11.6. The molecule has 20 heavy (non-hydrogen) atoms. The zero-order chi connectivity index (χ0) is 14.6. The van der Waals surface area contributed by atoms with Crippen molar-refractivity contribution < 1.29 is 14.3 Å². The summed E-state index contributed by atoms with van der Waals surface area (Å²) in [5, 5.41) is 5.78. The van der Waals surface area contributed by atoms with Crippen LogP contribution in [-0.4, -0.2) is 39.3 Å². The second-order valence-electron chi connectivity index (χ2n) is 4.21. The molecule has 0 aliphatic heterocycles. The van der Waals surface area contributed by atoms with Gasteiger partial charge in [-0.25, -0.2) is 0 Å². The van der Waals surface area contributed by atoms with E-state index in [1.54, 1.807) is 13.2 Å². The number of carbonyl (C=O) groups is 1. The van der Waals surface area contributed by atoms with Crippen LogP contribution in [0.4, 0.5) is 5.69 Å². The number of hydrogen-bond acceptors (Lipinski definition) is 4. The zero-order valence-electron chi connectivity index (χ0n) is 11.9. The Kier molecular flexibility index (Phi) is 8.30. The first-order chi connectivity index (χ1) is 9.76. The van der Waals surface area contributed by atoms with Crippen molar-refractivity contribution >= 4 is 11.6 Å². The molecule has 1 amide bonds. The minimum Gasteiger partial charge on any atom is -0.382 e. The van der Waals surface area contributed by atoms with Crippen LogP contribution >= 0.6 is 0 Å². The summed E-state index contributed by atoms with van der Waals surface area (Å²) in [7, 11) is 1.64. The quantitative estimate of drug-likeness (QED) is 0.504. The molecule has 0 saturated heterocycles. The Hall–Kier alpha value is -1.69. The van der Waals surface area contributed by atoms with Crippen LogP contribution < -0.4 is 10.6 Å². The Morgan fingerprint density at radius 3 is 3.00 bits per heavy atom. The number of anilines is 1. The van der Waals surface area contributed by atoms with Crippen molar-refractivity contribution in [3.63, 3.8) is 0 Å². The maximum Gasteiger partial charge on any atom is 0.238 e. The maximum absolute atomic E-state index is 11.6. The number of ether oxygens (including phenoxy) is 2. The van der Waals surface area contributed by atoms with E-state index < -0.39 is 0 Å². The van der Waals surface area contributed by atoms with E-state index in [1.807, 2.05) is 24.3 Å². The number of methoxy groups -OCH3 is 1. The highest BCUT2D eigenvalue weighted by Gasteiger charge is 2.02. The van der Waals surface area contributed by atoms with E-state index in [1.165, 1.54) is 0 Å². The minimum atomic E-state index is -0.0794. The van der Waals surface area contributed by atoms with Crippen molar-refractivity contribution in [1.82, 2.24) is 5.32 Å². The molecule has 0 bridgehead atoms. The molecule has 0 radical (unpaired) electrons. The highest BCUT2D eigenvalue weighted by Crippen LogP contribution is 2.11. The van der Waals surface area contributed by atoms with Gasteiger partial charge in [0.25, 0.3) is 0 Å². The Morgan fingerprint density at radius 1 is 1.40 bits per heavy atom. The minimum absolute atomic E-state index is 0.0794. The zero-order valence-corrected chi connectivity index (χ0v) is 11.9. The van der Waals surface area contributed by atoms with E-state index >= 15 is 0 Å². The summed E-state index contributed by atoms with van der Waals surface area (Å²) in [6.45, 7) is 6.08. The van der Waals surface area contributed by atoms with Crippen molar-refractivity contribution in [3.8, 4) is 0 Å². The molecular weight excluding hydrogens is 256 g/mol. The Labute approximate surface area is 120 Å². The molecule has 0 fully saturated rings. The first-order valence-corrected chi connectivity index (χ1v) is 6.53. The molecule has 5 nitrogen and oxygen atoms in total. The normalized spacial score (nSPS) is 10.2. The number of rotatable bonds is 10. The molecule has 0 aromatic heterocycles. The molecule has 2 N–H and O–H groups in total. The van der Waals surface area contributed by atoms with Gasteiger partial charge in [-0.1, -0.05) is 18.2 Å². The molecule has 0 spiro atoms. The third kappa shape index (κ3) is 7.04. The smallest absolute Gasteiger partial charge is 0.238 e. The van der Waals surface area contributed by atoms with Gasteiger partial charge in [-0.15, -0.1) is 6.58 Å². The fraction of sp³-hybridized carbons (Fsp3) is 0.400. The van der Waals surface area contributed by atoms with Gasteiger partial charge in [0.05, 0.1) is 26.4 Å². The first-order valence-electron chi connectivity index (χ1n) is 6.53. The second-order valence-corrected chi connectivity index (χ2v) is 4.21. The van der Waals surface area contributed by atoms with Crippen LogP contribution in [0, 0.1) is 0 Å². The van der Waals surface area contributed by atoms with Crippen molar-refractivity contribution in [2.75, 3.05) is 38.7 Å². The Balaban J connectivity index is 2.38. The molecular formula is C15H22N2O3. The Bertz CT molecular complexity index is 421. The summed E-state index contributed by atoms with van der Waals surface area (Å²) >= 11 is 0. The highest BCUT2D eigenvalue weighted by atomic mass is 16.5. The second kappa shape index (κ2) is 10.1. The van der Waals surface area contributed by atoms with Crippen LogP contribution in [0.2, 0.25) is 0 Å². The summed E-state index contributed by atoms with van der Waals surface area (Å²) < 4.78 is 10.3. The topological polar surface area (TPSA) is 59.6 Å². The van der Waals surface area contributed by atoms with Crippen LogP contribution in [0.3, 0.4) is 0 Å². The summed E-state index contributed by atoms with van der Waals surface area (Å²) in [5.41, 5.74) is 1.78. The third-order valence-electron chi connectivity index (χ3n) is 2.49. The first kappa shape index (κ1) is 16.4. The average molecular weight is 278 g/mol. The van der Waals surface area contributed by atoms with Crippen molar-refractivity contribution in [1.29, 1.82) is 0 Å². The summed E-state index contributed by atoms with van der Waals surface area (Å²) in [4.78, 5) is 11.6. The van der Waals surface area contributed by atoms with E-state index in [9.17, 15) is 4.79 Å². The molecule has 0 atom stereocenters. The van der Waals surface area contributed by atoms with Gasteiger partial charge in [0.2, 0.25) is 5.91 Å². The van der Waals surface area contributed by atoms with Crippen molar-refractivity contribution in [3.05, 3.63) is 42.5 Å². The lowest BCUT2D eigenvalue weighted by molar-refractivity contribution is -0.115. The van der Waals surface area contributed by atoms with Gasteiger partial charge in [-0.05, 0) is 17.7 Å². The predicted molar refractivity (Wildman–Crippen MR) is 79.7 cm³/mol. The number of hydrogen-bond donors (Lipinski definition) is 2. The highest BCUT2D eigenvalue weighted by molar-refractivity contribution is 5.92. The van der Waals surface area contributed by atoms with Crippen LogP contribution in [0.1, 0.15) is 5.56 Å².